The van der Waals surface area contributed by atoms with Crippen molar-refractivity contribution < 1.29 is 9.59 Å². The Morgan fingerprint density at radius 3 is 2.45 bits per heavy atom. The Bertz CT molecular complexity index is 1210. The van der Waals surface area contributed by atoms with Crippen molar-refractivity contribution in [2.24, 2.45) is 0 Å². The highest BCUT2D eigenvalue weighted by Gasteiger charge is 2.26. The minimum atomic E-state index is -0.400. The number of rotatable bonds is 4. The summed E-state index contributed by atoms with van der Waals surface area (Å²) in [6.07, 6.45) is 9.40. The Hall–Kier alpha value is -3.79. The predicted octanol–water partition coefficient (Wildman–Crippen LogP) is 2.47. The molecule has 0 fully saturated rings. The lowest BCUT2D eigenvalue weighted by Crippen LogP contribution is -2.42. The second kappa shape index (κ2) is 8.15. The monoisotopic (exact) mass is 433 g/mol. The average molecular weight is 433 g/mol. The van der Waals surface area contributed by atoms with Crippen LogP contribution in [0.1, 0.15) is 44.0 Å². The summed E-state index contributed by atoms with van der Waals surface area (Å²) in [7, 11) is 0. The number of aryl methyl sites for hydroxylation is 1. The Balaban J connectivity index is 1.33. The minimum absolute atomic E-state index is 0.304. The number of carbonyl (C=O) groups is 2. The molecule has 1 aromatic carbocycles. The van der Waals surface area contributed by atoms with Crippen molar-refractivity contribution in [2.45, 2.75) is 25.7 Å². The van der Waals surface area contributed by atoms with E-state index in [0.29, 0.717) is 11.1 Å². The SMILES string of the molecule is O=C(NNC(=O)c1c(-n2cccc2)sc2c1CCCC2)c1ccc(-n2cnnn2)cc1. The second-order valence-corrected chi connectivity index (χ2v) is 8.27. The molecule has 1 aliphatic carbocycles. The van der Waals surface area contributed by atoms with Gasteiger partial charge in [-0.3, -0.25) is 20.4 Å². The van der Waals surface area contributed by atoms with Gasteiger partial charge in [-0.15, -0.1) is 16.4 Å². The molecule has 3 heterocycles. The molecule has 9 nitrogen and oxygen atoms in total. The lowest BCUT2D eigenvalue weighted by Gasteiger charge is -2.14. The Morgan fingerprint density at radius 2 is 1.71 bits per heavy atom. The maximum Gasteiger partial charge on any atom is 0.273 e. The Labute approximate surface area is 181 Å². The molecule has 0 spiro atoms. The van der Waals surface area contributed by atoms with Gasteiger partial charge in [0.1, 0.15) is 11.3 Å². The molecule has 1 aliphatic rings. The zero-order valence-electron chi connectivity index (χ0n) is 16.5. The smallest absolute Gasteiger partial charge is 0.273 e. The van der Waals surface area contributed by atoms with Crippen molar-refractivity contribution in [1.29, 1.82) is 0 Å². The molecule has 0 unspecified atom stereocenters. The van der Waals surface area contributed by atoms with Gasteiger partial charge in [0.15, 0.2) is 0 Å². The standard InChI is InChI=1S/C21H19N7O2S/c29-19(14-7-9-15(10-8-14)28-13-22-25-26-28)23-24-20(30)18-16-5-1-2-6-17(16)31-21(18)27-11-3-4-12-27/h3-4,7-13H,1-2,5-6H2,(H,23,29)(H,24,30). The van der Waals surface area contributed by atoms with Crippen LogP contribution in [0.5, 0.6) is 0 Å². The number of fused-ring (bicyclic) bond motifs is 1. The number of amides is 2. The number of carbonyl (C=O) groups excluding carboxylic acids is 2. The van der Waals surface area contributed by atoms with E-state index in [1.807, 2.05) is 29.1 Å². The third-order valence-corrected chi connectivity index (χ3v) is 6.56. The highest BCUT2D eigenvalue weighted by molar-refractivity contribution is 7.15. The molecule has 0 saturated heterocycles. The first kappa shape index (κ1) is 19.2. The summed E-state index contributed by atoms with van der Waals surface area (Å²) < 4.78 is 3.45. The summed E-state index contributed by atoms with van der Waals surface area (Å²) in [6.45, 7) is 0. The van der Waals surface area contributed by atoms with Crippen molar-refractivity contribution in [2.75, 3.05) is 0 Å². The van der Waals surface area contributed by atoms with Crippen molar-refractivity contribution in [3.63, 3.8) is 0 Å². The Kier molecular flexibility index (Phi) is 5.04. The highest BCUT2D eigenvalue weighted by Crippen LogP contribution is 2.36. The van der Waals surface area contributed by atoms with Crippen LogP contribution in [0.4, 0.5) is 0 Å². The number of hydrazine groups is 1. The van der Waals surface area contributed by atoms with E-state index in [2.05, 4.69) is 26.4 Å². The van der Waals surface area contributed by atoms with Gasteiger partial charge < -0.3 is 4.57 Å². The van der Waals surface area contributed by atoms with Gasteiger partial charge in [-0.2, -0.15) is 0 Å². The molecule has 0 radical (unpaired) electrons. The topological polar surface area (TPSA) is 107 Å². The average Bonchev–Trinajstić information content (AvgIpc) is 3.57. The number of hydrogen-bond donors (Lipinski definition) is 2. The third kappa shape index (κ3) is 3.73. The fourth-order valence-corrected chi connectivity index (χ4v) is 5.08. The fraction of sp³-hybridized carbons (Fsp3) is 0.190. The van der Waals surface area contributed by atoms with E-state index in [-0.39, 0.29) is 5.91 Å². The van der Waals surface area contributed by atoms with Crippen LogP contribution in [0, 0.1) is 0 Å². The fourth-order valence-electron chi connectivity index (χ4n) is 3.73. The second-order valence-electron chi connectivity index (χ2n) is 7.19. The van der Waals surface area contributed by atoms with E-state index in [4.69, 9.17) is 0 Å². The molecule has 0 saturated carbocycles. The van der Waals surface area contributed by atoms with Crippen LogP contribution in [0.2, 0.25) is 0 Å². The van der Waals surface area contributed by atoms with Crippen LogP contribution < -0.4 is 10.9 Å². The summed E-state index contributed by atoms with van der Waals surface area (Å²) in [5.41, 5.74) is 8.00. The molecule has 0 atom stereocenters. The lowest BCUT2D eigenvalue weighted by molar-refractivity contribution is 0.0846. The molecule has 2 N–H and O–H groups in total. The number of benzene rings is 1. The van der Waals surface area contributed by atoms with E-state index >= 15 is 0 Å². The zero-order valence-corrected chi connectivity index (χ0v) is 17.3. The predicted molar refractivity (Wildman–Crippen MR) is 114 cm³/mol. The molecule has 10 heteroatoms. The van der Waals surface area contributed by atoms with E-state index < -0.39 is 5.91 Å². The van der Waals surface area contributed by atoms with Gasteiger partial charge >= 0.3 is 0 Å². The molecule has 0 bridgehead atoms. The number of nitrogens with one attached hydrogen (secondary N) is 2. The van der Waals surface area contributed by atoms with E-state index in [1.54, 1.807) is 35.6 Å². The summed E-state index contributed by atoms with van der Waals surface area (Å²) in [4.78, 5) is 26.9. The van der Waals surface area contributed by atoms with Gasteiger partial charge in [0.25, 0.3) is 11.8 Å². The molecular weight excluding hydrogens is 414 g/mol. The molecule has 2 amide bonds. The van der Waals surface area contributed by atoms with Crippen molar-refractivity contribution in [3.05, 3.63) is 76.7 Å². The van der Waals surface area contributed by atoms with E-state index in [1.165, 1.54) is 15.9 Å². The number of thiophene rings is 1. The van der Waals surface area contributed by atoms with Crippen LogP contribution in [-0.4, -0.2) is 36.6 Å². The van der Waals surface area contributed by atoms with Gasteiger partial charge in [0.2, 0.25) is 0 Å². The molecule has 156 valence electrons. The molecule has 0 aliphatic heterocycles. The first-order valence-electron chi connectivity index (χ1n) is 9.92. The third-order valence-electron chi connectivity index (χ3n) is 5.25. The zero-order chi connectivity index (χ0) is 21.2. The maximum atomic E-state index is 13.1. The van der Waals surface area contributed by atoms with Crippen LogP contribution in [0.3, 0.4) is 0 Å². The number of tetrazole rings is 1. The quantitative estimate of drug-likeness (QED) is 0.481. The normalized spacial score (nSPS) is 12.9. The molecule has 31 heavy (non-hydrogen) atoms. The van der Waals surface area contributed by atoms with Gasteiger partial charge in [0.05, 0.1) is 11.3 Å². The summed E-state index contributed by atoms with van der Waals surface area (Å²) in [6, 6.07) is 10.6. The van der Waals surface area contributed by atoms with Gasteiger partial charge in [-0.1, -0.05) is 0 Å². The van der Waals surface area contributed by atoms with Crippen LogP contribution >= 0.6 is 11.3 Å². The largest absolute Gasteiger partial charge is 0.315 e. The first-order valence-corrected chi connectivity index (χ1v) is 10.7. The van der Waals surface area contributed by atoms with Gasteiger partial charge in [0, 0.05) is 22.8 Å². The molecular formula is C21H19N7O2S. The highest BCUT2D eigenvalue weighted by atomic mass is 32.1. The minimum Gasteiger partial charge on any atom is -0.315 e. The van der Waals surface area contributed by atoms with E-state index in [9.17, 15) is 9.59 Å². The van der Waals surface area contributed by atoms with Crippen LogP contribution in [-0.2, 0) is 12.8 Å². The molecule has 5 rings (SSSR count). The molecule has 3 aromatic heterocycles. The van der Waals surface area contributed by atoms with Crippen molar-refractivity contribution in [1.82, 2.24) is 35.6 Å². The number of aromatic nitrogens is 5. The first-order chi connectivity index (χ1) is 15.2. The summed E-state index contributed by atoms with van der Waals surface area (Å²) in [5.74, 6) is -0.704. The summed E-state index contributed by atoms with van der Waals surface area (Å²) >= 11 is 1.65. The lowest BCUT2D eigenvalue weighted by atomic mass is 9.95. The van der Waals surface area contributed by atoms with Gasteiger partial charge in [-0.25, -0.2) is 4.68 Å². The number of nitrogens with zero attached hydrogens (tertiary/aromatic N) is 5. The maximum absolute atomic E-state index is 13.1. The van der Waals surface area contributed by atoms with Crippen molar-refractivity contribution >= 4 is 23.2 Å². The number of hydrogen-bond acceptors (Lipinski definition) is 6. The van der Waals surface area contributed by atoms with E-state index in [0.717, 1.165) is 41.9 Å². The van der Waals surface area contributed by atoms with Crippen molar-refractivity contribution in [3.8, 4) is 10.7 Å². The molecule has 4 aromatic rings. The van der Waals surface area contributed by atoms with Crippen LogP contribution in [0.25, 0.3) is 10.7 Å². The van der Waals surface area contributed by atoms with Gasteiger partial charge in [-0.05, 0) is 78.1 Å². The summed E-state index contributed by atoms with van der Waals surface area (Å²) in [5, 5.41) is 11.9. The van der Waals surface area contributed by atoms with Crippen LogP contribution in [0.15, 0.2) is 55.1 Å². The Morgan fingerprint density at radius 1 is 0.968 bits per heavy atom.